The van der Waals surface area contributed by atoms with Gasteiger partial charge in [0.05, 0.1) is 11.3 Å². The summed E-state index contributed by atoms with van der Waals surface area (Å²) in [7, 11) is 0. The molecule has 2 amide bonds. The Morgan fingerprint density at radius 1 is 1.33 bits per heavy atom. The van der Waals surface area contributed by atoms with Crippen molar-refractivity contribution in [3.8, 4) is 0 Å². The molecule has 0 radical (unpaired) electrons. The van der Waals surface area contributed by atoms with Crippen LogP contribution in [0.2, 0.25) is 10.0 Å². The maximum atomic E-state index is 13.1. The van der Waals surface area contributed by atoms with Crippen molar-refractivity contribution < 1.29 is 19.5 Å². The van der Waals surface area contributed by atoms with Crippen LogP contribution < -0.4 is 11.1 Å². The van der Waals surface area contributed by atoms with Gasteiger partial charge in [0.2, 0.25) is 5.91 Å². The van der Waals surface area contributed by atoms with E-state index >= 15 is 0 Å². The van der Waals surface area contributed by atoms with Crippen LogP contribution in [0.5, 0.6) is 0 Å². The number of benzene rings is 1. The zero-order valence-electron chi connectivity index (χ0n) is 15.0. The Labute approximate surface area is 189 Å². The van der Waals surface area contributed by atoms with Crippen molar-refractivity contribution in [1.29, 1.82) is 0 Å². The van der Waals surface area contributed by atoms with Gasteiger partial charge in [0.1, 0.15) is 17.5 Å². The largest absolute Gasteiger partial charge is 0.480 e. The highest BCUT2D eigenvalue weighted by molar-refractivity contribution is 8.00. The highest BCUT2D eigenvalue weighted by atomic mass is 35.5. The number of hydrogen-bond acceptors (Lipinski definition) is 7. The molecule has 2 fully saturated rings. The van der Waals surface area contributed by atoms with Gasteiger partial charge in [0.25, 0.3) is 5.91 Å². The van der Waals surface area contributed by atoms with Crippen LogP contribution in [0.25, 0.3) is 11.6 Å². The third-order valence-corrected chi connectivity index (χ3v) is 7.43. The second-order valence-electron chi connectivity index (χ2n) is 6.54. The monoisotopic (exact) mass is 484 g/mol. The summed E-state index contributed by atoms with van der Waals surface area (Å²) in [5.41, 5.74) is 6.61. The number of nitrogens with zero attached hydrogens (tertiary/aromatic N) is 2. The van der Waals surface area contributed by atoms with Crippen LogP contribution in [-0.4, -0.2) is 56.0 Å². The average molecular weight is 485 g/mol. The molecule has 1 aromatic carbocycles. The molecule has 2 saturated heterocycles. The second-order valence-corrected chi connectivity index (χ2v) is 9.39. The van der Waals surface area contributed by atoms with E-state index in [4.69, 9.17) is 28.9 Å². The Kier molecular flexibility index (Phi) is 5.67. The van der Waals surface area contributed by atoms with E-state index < -0.39 is 35.2 Å². The third-order valence-electron chi connectivity index (χ3n) is 4.74. The number of β-lactam (4-membered cyclic amide) rings is 1. The molecule has 2 aliphatic rings. The maximum absolute atomic E-state index is 13.1. The van der Waals surface area contributed by atoms with Crippen LogP contribution in [-0.2, 0) is 14.4 Å². The van der Waals surface area contributed by atoms with Crippen LogP contribution in [0.3, 0.4) is 0 Å². The topological polar surface area (TPSA) is 126 Å². The number of aromatic nitrogens is 1. The number of carboxylic acids is 1. The summed E-state index contributed by atoms with van der Waals surface area (Å²) in [6.07, 6.45) is 1.50. The molecular formula is C18H14Cl2N4O4S2. The van der Waals surface area contributed by atoms with Crippen LogP contribution in [0, 0.1) is 0 Å². The van der Waals surface area contributed by atoms with E-state index in [9.17, 15) is 19.5 Å². The van der Waals surface area contributed by atoms with Gasteiger partial charge >= 0.3 is 5.97 Å². The summed E-state index contributed by atoms with van der Waals surface area (Å²) in [4.78, 5) is 42.3. The molecular weight excluding hydrogens is 471 g/mol. The molecule has 156 valence electrons. The number of carbonyl (C=O) groups is 3. The number of nitrogen functional groups attached to an aromatic ring is 1. The van der Waals surface area contributed by atoms with Gasteiger partial charge in [-0.05, 0) is 18.2 Å². The van der Waals surface area contributed by atoms with E-state index in [1.165, 1.54) is 22.7 Å². The SMILES string of the molecule is Nc1nc(/C(=C/c2c(Cl)cccc2Cl)C(=O)NC2C(=O)N3C(C(=O)O)CS[C@@H]23)cs1. The Balaban J connectivity index is 1.63. The first-order chi connectivity index (χ1) is 14.3. The van der Waals surface area contributed by atoms with Crippen molar-refractivity contribution in [2.75, 3.05) is 11.5 Å². The van der Waals surface area contributed by atoms with Crippen molar-refractivity contribution in [3.05, 3.63) is 44.9 Å². The molecule has 0 saturated carbocycles. The first-order valence-electron chi connectivity index (χ1n) is 8.62. The Bertz CT molecular complexity index is 1070. The van der Waals surface area contributed by atoms with E-state index in [0.717, 1.165) is 11.3 Å². The molecule has 8 nitrogen and oxygen atoms in total. The van der Waals surface area contributed by atoms with Gasteiger partial charge < -0.3 is 21.1 Å². The normalized spacial score (nSPS) is 23.1. The van der Waals surface area contributed by atoms with Gasteiger partial charge in [0.15, 0.2) is 5.13 Å². The molecule has 3 heterocycles. The molecule has 12 heteroatoms. The molecule has 4 rings (SSSR count). The van der Waals surface area contributed by atoms with E-state index in [2.05, 4.69) is 10.3 Å². The Hall–Kier alpha value is -2.27. The van der Waals surface area contributed by atoms with Gasteiger partial charge in [0, 0.05) is 26.7 Å². The number of fused-ring (bicyclic) bond motifs is 1. The summed E-state index contributed by atoms with van der Waals surface area (Å²) in [6.45, 7) is 0. The molecule has 30 heavy (non-hydrogen) atoms. The molecule has 4 N–H and O–H groups in total. The van der Waals surface area contributed by atoms with Gasteiger partial charge in [-0.15, -0.1) is 23.1 Å². The fraction of sp³-hybridized carbons (Fsp3) is 0.222. The number of nitrogens with one attached hydrogen (secondary N) is 1. The van der Waals surface area contributed by atoms with E-state index in [1.54, 1.807) is 23.6 Å². The number of thioether (sulfide) groups is 1. The van der Waals surface area contributed by atoms with Crippen LogP contribution in [0.4, 0.5) is 5.13 Å². The smallest absolute Gasteiger partial charge is 0.327 e. The van der Waals surface area contributed by atoms with Gasteiger partial charge in [-0.3, -0.25) is 9.59 Å². The van der Waals surface area contributed by atoms with Crippen molar-refractivity contribution in [3.63, 3.8) is 0 Å². The zero-order chi connectivity index (χ0) is 21.6. The first-order valence-corrected chi connectivity index (χ1v) is 11.3. The predicted molar refractivity (Wildman–Crippen MR) is 117 cm³/mol. The van der Waals surface area contributed by atoms with Gasteiger partial charge in [-0.2, -0.15) is 0 Å². The number of carbonyl (C=O) groups excluding carboxylic acids is 2. The summed E-state index contributed by atoms with van der Waals surface area (Å²) in [5, 5.41) is 14.1. The molecule has 1 aromatic heterocycles. The molecule has 2 aliphatic heterocycles. The fourth-order valence-corrected chi connectivity index (χ4v) is 5.81. The lowest BCUT2D eigenvalue weighted by Crippen LogP contribution is -2.70. The summed E-state index contributed by atoms with van der Waals surface area (Å²) >= 11 is 14.9. The minimum Gasteiger partial charge on any atom is -0.480 e. The first kappa shape index (κ1) is 21.0. The van der Waals surface area contributed by atoms with E-state index in [-0.39, 0.29) is 16.5 Å². The zero-order valence-corrected chi connectivity index (χ0v) is 18.2. The van der Waals surface area contributed by atoms with Crippen molar-refractivity contribution in [2.24, 2.45) is 0 Å². The molecule has 0 spiro atoms. The lowest BCUT2D eigenvalue weighted by molar-refractivity contribution is -0.158. The molecule has 0 aliphatic carbocycles. The van der Waals surface area contributed by atoms with Gasteiger partial charge in [-0.25, -0.2) is 9.78 Å². The summed E-state index contributed by atoms with van der Waals surface area (Å²) in [5.74, 6) is -1.78. The minimum absolute atomic E-state index is 0.141. The third kappa shape index (κ3) is 3.64. The van der Waals surface area contributed by atoms with Crippen LogP contribution in [0.15, 0.2) is 23.6 Å². The highest BCUT2D eigenvalue weighted by Gasteiger charge is 2.57. The standard InChI is InChI=1S/C18H14Cl2N4O4S2/c19-9-2-1-3-10(20)7(9)4-8(11-5-30-18(21)22-11)14(25)23-13-15(26)24-12(17(27)28)6-29-16(13)24/h1-5,12-13,16H,6H2,(H2,21,22)(H,23,25)(H,27,28)/b8-4-/t12?,13?,16-/m0/s1. The van der Waals surface area contributed by atoms with E-state index in [1.807, 2.05) is 0 Å². The molecule has 0 bridgehead atoms. The number of carboxylic acid groups (broad SMARTS) is 1. The number of thiazole rings is 1. The quantitative estimate of drug-likeness (QED) is 0.439. The lowest BCUT2D eigenvalue weighted by Gasteiger charge is -2.43. The van der Waals surface area contributed by atoms with E-state index in [0.29, 0.717) is 21.3 Å². The van der Waals surface area contributed by atoms with Gasteiger partial charge in [-0.1, -0.05) is 29.3 Å². The second kappa shape index (κ2) is 8.10. The number of rotatable bonds is 5. The van der Waals surface area contributed by atoms with Crippen molar-refractivity contribution >= 4 is 80.9 Å². The van der Waals surface area contributed by atoms with Crippen molar-refractivity contribution in [1.82, 2.24) is 15.2 Å². The average Bonchev–Trinajstić information content (AvgIpc) is 3.30. The highest BCUT2D eigenvalue weighted by Crippen LogP contribution is 2.40. The molecule has 3 atom stereocenters. The number of anilines is 1. The number of amides is 2. The molecule has 2 aromatic rings. The van der Waals surface area contributed by atoms with Crippen LogP contribution in [0.1, 0.15) is 11.3 Å². The van der Waals surface area contributed by atoms with Crippen LogP contribution >= 0.6 is 46.3 Å². The number of aliphatic carboxylic acids is 1. The number of hydrogen-bond donors (Lipinski definition) is 3. The number of halogens is 2. The minimum atomic E-state index is -1.06. The Morgan fingerprint density at radius 3 is 2.63 bits per heavy atom. The van der Waals surface area contributed by atoms with Crippen molar-refractivity contribution in [2.45, 2.75) is 17.5 Å². The summed E-state index contributed by atoms with van der Waals surface area (Å²) < 4.78 is 0. The Morgan fingerprint density at radius 2 is 2.03 bits per heavy atom. The maximum Gasteiger partial charge on any atom is 0.327 e. The molecule has 2 unspecified atom stereocenters. The predicted octanol–water partition coefficient (Wildman–Crippen LogP) is 2.43. The lowest BCUT2D eigenvalue weighted by atomic mass is 10.0. The fourth-order valence-electron chi connectivity index (χ4n) is 3.27. The summed E-state index contributed by atoms with van der Waals surface area (Å²) in [6, 6.07) is 3.25. The number of nitrogens with two attached hydrogens (primary N) is 1.